The van der Waals surface area contributed by atoms with E-state index in [1.165, 1.54) is 0 Å². The average Bonchev–Trinajstić information content (AvgIpc) is 3.15. The normalized spacial score (nSPS) is 12.7. The SMILES string of the molecule is CN=C(NCc1coc(-c2ccccc2)n1)NC(C)c1ccccc1Cl. The summed E-state index contributed by atoms with van der Waals surface area (Å²) in [5, 5.41) is 7.30. The Morgan fingerprint density at radius 1 is 1.15 bits per heavy atom. The highest BCUT2D eigenvalue weighted by Gasteiger charge is 2.12. The van der Waals surface area contributed by atoms with Crippen molar-refractivity contribution < 1.29 is 4.42 Å². The van der Waals surface area contributed by atoms with Crippen LogP contribution in [-0.2, 0) is 6.54 Å². The van der Waals surface area contributed by atoms with Crippen LogP contribution in [0.2, 0.25) is 5.02 Å². The average molecular weight is 369 g/mol. The molecule has 1 atom stereocenters. The zero-order valence-corrected chi connectivity index (χ0v) is 15.5. The lowest BCUT2D eigenvalue weighted by Gasteiger charge is -2.18. The fourth-order valence-corrected chi connectivity index (χ4v) is 2.88. The second-order valence-electron chi connectivity index (χ2n) is 5.82. The third-order valence-electron chi connectivity index (χ3n) is 3.96. The maximum Gasteiger partial charge on any atom is 0.226 e. The predicted molar refractivity (Wildman–Crippen MR) is 105 cm³/mol. The summed E-state index contributed by atoms with van der Waals surface area (Å²) in [6, 6.07) is 17.6. The quantitative estimate of drug-likeness (QED) is 0.517. The number of aromatic nitrogens is 1. The van der Waals surface area contributed by atoms with Gasteiger partial charge in [-0.25, -0.2) is 4.98 Å². The van der Waals surface area contributed by atoms with Gasteiger partial charge in [-0.3, -0.25) is 4.99 Å². The fraction of sp³-hybridized carbons (Fsp3) is 0.200. The maximum atomic E-state index is 6.26. The molecule has 0 fully saturated rings. The Kier molecular flexibility index (Phi) is 5.92. The molecule has 6 heteroatoms. The molecule has 0 saturated carbocycles. The van der Waals surface area contributed by atoms with Crippen LogP contribution in [0.15, 0.2) is 70.3 Å². The Hall–Kier alpha value is -2.79. The lowest BCUT2D eigenvalue weighted by Crippen LogP contribution is -2.38. The number of nitrogens with one attached hydrogen (secondary N) is 2. The van der Waals surface area contributed by atoms with Crippen LogP contribution in [0.4, 0.5) is 0 Å². The predicted octanol–water partition coefficient (Wildman–Crippen LogP) is 4.42. The molecule has 0 amide bonds. The maximum absolute atomic E-state index is 6.26. The molecule has 0 saturated heterocycles. The largest absolute Gasteiger partial charge is 0.444 e. The summed E-state index contributed by atoms with van der Waals surface area (Å²) in [6.07, 6.45) is 1.65. The van der Waals surface area contributed by atoms with Crippen molar-refractivity contribution in [2.45, 2.75) is 19.5 Å². The first-order chi connectivity index (χ1) is 12.7. The number of aliphatic imine (C=N–C) groups is 1. The van der Waals surface area contributed by atoms with Gasteiger partial charge < -0.3 is 15.1 Å². The Morgan fingerprint density at radius 2 is 1.88 bits per heavy atom. The van der Waals surface area contributed by atoms with E-state index in [-0.39, 0.29) is 6.04 Å². The van der Waals surface area contributed by atoms with Gasteiger partial charge in [0.1, 0.15) is 6.26 Å². The number of nitrogens with zero attached hydrogens (tertiary/aromatic N) is 2. The van der Waals surface area contributed by atoms with Gasteiger partial charge in [-0.1, -0.05) is 48.0 Å². The van der Waals surface area contributed by atoms with Crippen molar-refractivity contribution in [2.75, 3.05) is 7.05 Å². The van der Waals surface area contributed by atoms with Gasteiger partial charge in [0.2, 0.25) is 5.89 Å². The first-order valence-electron chi connectivity index (χ1n) is 8.39. The standard InChI is InChI=1S/C20H21ClN4O/c1-14(17-10-6-7-11-18(17)21)24-20(22-2)23-12-16-13-26-19(25-16)15-8-4-3-5-9-15/h3-11,13-14H,12H2,1-2H3,(H2,22,23,24). The summed E-state index contributed by atoms with van der Waals surface area (Å²) in [6.45, 7) is 2.54. The third-order valence-corrected chi connectivity index (χ3v) is 4.30. The molecule has 26 heavy (non-hydrogen) atoms. The molecule has 3 aromatic rings. The van der Waals surface area contributed by atoms with Crippen LogP contribution in [0.25, 0.3) is 11.5 Å². The fourth-order valence-electron chi connectivity index (χ4n) is 2.58. The molecule has 0 bridgehead atoms. The molecule has 1 unspecified atom stereocenters. The van der Waals surface area contributed by atoms with E-state index in [0.29, 0.717) is 18.4 Å². The molecule has 1 aromatic heterocycles. The van der Waals surface area contributed by atoms with E-state index in [9.17, 15) is 0 Å². The number of rotatable bonds is 5. The summed E-state index contributed by atoms with van der Waals surface area (Å²) in [5.41, 5.74) is 2.77. The number of hydrogen-bond donors (Lipinski definition) is 2. The molecule has 0 radical (unpaired) electrons. The molecule has 134 valence electrons. The van der Waals surface area contributed by atoms with Crippen LogP contribution in [0, 0.1) is 0 Å². The van der Waals surface area contributed by atoms with Crippen molar-refractivity contribution in [3.8, 4) is 11.5 Å². The van der Waals surface area contributed by atoms with E-state index >= 15 is 0 Å². The summed E-state index contributed by atoms with van der Waals surface area (Å²) < 4.78 is 5.55. The first kappa shape index (κ1) is 18.0. The van der Waals surface area contributed by atoms with Gasteiger partial charge in [-0.05, 0) is 30.7 Å². The van der Waals surface area contributed by atoms with Gasteiger partial charge in [0.05, 0.1) is 18.3 Å². The summed E-state index contributed by atoms with van der Waals surface area (Å²) in [5.74, 6) is 1.27. The second-order valence-corrected chi connectivity index (χ2v) is 6.23. The van der Waals surface area contributed by atoms with Gasteiger partial charge in [-0.15, -0.1) is 0 Å². The van der Waals surface area contributed by atoms with Crippen molar-refractivity contribution >= 4 is 17.6 Å². The molecule has 3 rings (SSSR count). The molecule has 5 nitrogen and oxygen atoms in total. The van der Waals surface area contributed by atoms with Crippen molar-refractivity contribution in [2.24, 2.45) is 4.99 Å². The van der Waals surface area contributed by atoms with E-state index in [4.69, 9.17) is 16.0 Å². The minimum atomic E-state index is 0.0205. The smallest absolute Gasteiger partial charge is 0.226 e. The van der Waals surface area contributed by atoms with Crippen LogP contribution in [0.5, 0.6) is 0 Å². The summed E-state index contributed by atoms with van der Waals surface area (Å²) >= 11 is 6.26. The summed E-state index contributed by atoms with van der Waals surface area (Å²) in [4.78, 5) is 8.76. The van der Waals surface area contributed by atoms with E-state index in [2.05, 4.69) is 20.6 Å². The highest BCUT2D eigenvalue weighted by molar-refractivity contribution is 6.31. The van der Waals surface area contributed by atoms with E-state index in [1.807, 2.05) is 61.5 Å². The van der Waals surface area contributed by atoms with Crippen molar-refractivity contribution in [3.63, 3.8) is 0 Å². The Balaban J connectivity index is 1.60. The van der Waals surface area contributed by atoms with Crippen LogP contribution in [0.3, 0.4) is 0 Å². The molecule has 0 spiro atoms. The zero-order valence-electron chi connectivity index (χ0n) is 14.7. The molecule has 2 aromatic carbocycles. The molecule has 0 aliphatic rings. The molecule has 0 aliphatic heterocycles. The first-order valence-corrected chi connectivity index (χ1v) is 8.76. The minimum absolute atomic E-state index is 0.0205. The Labute approximate surface area is 158 Å². The van der Waals surface area contributed by atoms with Crippen LogP contribution in [-0.4, -0.2) is 18.0 Å². The molecule has 1 heterocycles. The van der Waals surface area contributed by atoms with Gasteiger partial charge >= 0.3 is 0 Å². The Morgan fingerprint density at radius 3 is 2.62 bits per heavy atom. The van der Waals surface area contributed by atoms with Gasteiger partial charge in [-0.2, -0.15) is 0 Å². The highest BCUT2D eigenvalue weighted by atomic mass is 35.5. The summed E-state index contributed by atoms with van der Waals surface area (Å²) in [7, 11) is 1.73. The monoisotopic (exact) mass is 368 g/mol. The molecular weight excluding hydrogens is 348 g/mol. The number of benzene rings is 2. The van der Waals surface area contributed by atoms with Gasteiger partial charge in [0.15, 0.2) is 5.96 Å². The van der Waals surface area contributed by atoms with E-state index in [0.717, 1.165) is 21.8 Å². The van der Waals surface area contributed by atoms with Crippen molar-refractivity contribution in [1.82, 2.24) is 15.6 Å². The molecule has 0 aliphatic carbocycles. The third kappa shape index (κ3) is 4.43. The van der Waals surface area contributed by atoms with Crippen LogP contribution in [0.1, 0.15) is 24.2 Å². The van der Waals surface area contributed by atoms with E-state index in [1.54, 1.807) is 13.3 Å². The van der Waals surface area contributed by atoms with Crippen molar-refractivity contribution in [3.05, 3.63) is 77.1 Å². The lowest BCUT2D eigenvalue weighted by atomic mass is 10.1. The van der Waals surface area contributed by atoms with Gasteiger partial charge in [0.25, 0.3) is 0 Å². The number of halogens is 1. The number of guanidine groups is 1. The Bertz CT molecular complexity index is 876. The van der Waals surface area contributed by atoms with Crippen molar-refractivity contribution in [1.29, 1.82) is 0 Å². The molecular formula is C20H21ClN4O. The van der Waals surface area contributed by atoms with E-state index < -0.39 is 0 Å². The lowest BCUT2D eigenvalue weighted by molar-refractivity contribution is 0.572. The van der Waals surface area contributed by atoms with Gasteiger partial charge in [0, 0.05) is 17.6 Å². The zero-order chi connectivity index (χ0) is 18.4. The second kappa shape index (κ2) is 8.54. The number of hydrogen-bond acceptors (Lipinski definition) is 3. The number of oxazole rings is 1. The molecule has 2 N–H and O–H groups in total. The topological polar surface area (TPSA) is 62.5 Å². The van der Waals surface area contributed by atoms with Crippen LogP contribution >= 0.6 is 11.6 Å². The van der Waals surface area contributed by atoms with Crippen LogP contribution < -0.4 is 10.6 Å². The minimum Gasteiger partial charge on any atom is -0.444 e. The highest BCUT2D eigenvalue weighted by Crippen LogP contribution is 2.22.